The number of nitrogens with zero attached hydrogens (tertiary/aromatic N) is 1. The number of rotatable bonds is 6. The van der Waals surface area contributed by atoms with E-state index in [-0.39, 0.29) is 18.0 Å². The van der Waals surface area contributed by atoms with Crippen LogP contribution in [-0.2, 0) is 4.79 Å². The van der Waals surface area contributed by atoms with Crippen LogP contribution in [0.5, 0.6) is 11.5 Å². The molecule has 0 spiro atoms. The summed E-state index contributed by atoms with van der Waals surface area (Å²) >= 11 is 6.04. The monoisotopic (exact) mass is 350 g/mol. The zero-order valence-electron chi connectivity index (χ0n) is 13.0. The maximum atomic E-state index is 12.0. The van der Waals surface area contributed by atoms with Crippen LogP contribution in [0.25, 0.3) is 0 Å². The summed E-state index contributed by atoms with van der Waals surface area (Å²) < 4.78 is 10.4. The highest BCUT2D eigenvalue weighted by atomic mass is 35.5. The first kappa shape index (κ1) is 17.6. The number of non-ortho nitro benzene ring substituents is 1. The van der Waals surface area contributed by atoms with Crippen molar-refractivity contribution in [1.29, 1.82) is 0 Å². The number of carbonyl (C=O) groups is 1. The molecular weight excluding hydrogens is 336 g/mol. The Balaban J connectivity index is 2.05. The van der Waals surface area contributed by atoms with E-state index in [1.807, 2.05) is 13.0 Å². The minimum absolute atomic E-state index is 0.108. The number of aryl methyl sites for hydroxylation is 1. The molecule has 2 aromatic rings. The number of amides is 1. The molecule has 0 unspecified atom stereocenters. The minimum atomic E-state index is -0.557. The Morgan fingerprint density at radius 1 is 1.25 bits per heavy atom. The number of nitro groups is 1. The molecular formula is C16H15ClN2O5. The average Bonchev–Trinajstić information content (AvgIpc) is 2.55. The number of hydrogen-bond donors (Lipinski definition) is 1. The second kappa shape index (κ2) is 7.65. The van der Waals surface area contributed by atoms with Crippen LogP contribution in [0, 0.1) is 17.0 Å². The smallest absolute Gasteiger partial charge is 0.273 e. The van der Waals surface area contributed by atoms with Crippen LogP contribution in [0.4, 0.5) is 11.4 Å². The molecule has 126 valence electrons. The number of benzene rings is 2. The highest BCUT2D eigenvalue weighted by molar-refractivity contribution is 6.33. The molecule has 0 aliphatic heterocycles. The summed E-state index contributed by atoms with van der Waals surface area (Å²) in [4.78, 5) is 22.2. The highest BCUT2D eigenvalue weighted by Crippen LogP contribution is 2.31. The molecule has 0 saturated carbocycles. The van der Waals surface area contributed by atoms with Gasteiger partial charge in [-0.2, -0.15) is 0 Å². The van der Waals surface area contributed by atoms with Gasteiger partial charge in [0.1, 0.15) is 0 Å². The normalized spacial score (nSPS) is 10.1. The summed E-state index contributed by atoms with van der Waals surface area (Å²) in [5.41, 5.74) is 1.27. The zero-order chi connectivity index (χ0) is 17.7. The van der Waals surface area contributed by atoms with Gasteiger partial charge in [-0.25, -0.2) is 0 Å². The summed E-state index contributed by atoms with van der Waals surface area (Å²) in [6, 6.07) is 9.11. The maximum Gasteiger partial charge on any atom is 0.273 e. The van der Waals surface area contributed by atoms with Crippen LogP contribution in [0.3, 0.4) is 0 Å². The van der Waals surface area contributed by atoms with Gasteiger partial charge in [-0.05, 0) is 30.7 Å². The number of anilines is 1. The van der Waals surface area contributed by atoms with Gasteiger partial charge in [0.05, 0.1) is 28.8 Å². The molecule has 0 heterocycles. The van der Waals surface area contributed by atoms with Crippen LogP contribution in [0.15, 0.2) is 36.4 Å². The lowest BCUT2D eigenvalue weighted by Gasteiger charge is -2.11. The molecule has 0 bridgehead atoms. The van der Waals surface area contributed by atoms with Crippen molar-refractivity contribution in [1.82, 2.24) is 0 Å². The first-order chi connectivity index (χ1) is 11.4. The van der Waals surface area contributed by atoms with E-state index in [0.717, 1.165) is 5.56 Å². The lowest BCUT2D eigenvalue weighted by molar-refractivity contribution is -0.385. The molecule has 0 radical (unpaired) electrons. The van der Waals surface area contributed by atoms with E-state index in [2.05, 4.69) is 5.32 Å². The number of nitrogens with one attached hydrogen (secondary N) is 1. The fourth-order valence-corrected chi connectivity index (χ4v) is 2.23. The Bertz CT molecular complexity index is 779. The van der Waals surface area contributed by atoms with Gasteiger partial charge in [-0.3, -0.25) is 14.9 Å². The summed E-state index contributed by atoms with van der Waals surface area (Å²) in [5, 5.41) is 13.8. The number of nitro benzene ring substituents is 1. The molecule has 0 atom stereocenters. The molecule has 0 aromatic heterocycles. The van der Waals surface area contributed by atoms with Gasteiger partial charge in [0.2, 0.25) is 0 Å². The lowest BCUT2D eigenvalue weighted by atomic mass is 10.2. The second-order valence-corrected chi connectivity index (χ2v) is 5.32. The van der Waals surface area contributed by atoms with Crippen LogP contribution in [0.2, 0.25) is 5.02 Å². The molecule has 0 aliphatic rings. The lowest BCUT2D eigenvalue weighted by Crippen LogP contribution is -2.20. The molecule has 0 fully saturated rings. The van der Waals surface area contributed by atoms with E-state index in [4.69, 9.17) is 21.1 Å². The summed E-state index contributed by atoms with van der Waals surface area (Å²) in [6.07, 6.45) is 0. The molecule has 1 N–H and O–H groups in total. The summed E-state index contributed by atoms with van der Waals surface area (Å²) in [6.45, 7) is 1.54. The Morgan fingerprint density at radius 3 is 2.62 bits per heavy atom. The molecule has 2 aromatic carbocycles. The van der Waals surface area contributed by atoms with Crippen molar-refractivity contribution in [2.75, 3.05) is 19.0 Å². The van der Waals surface area contributed by atoms with E-state index >= 15 is 0 Å². The van der Waals surface area contributed by atoms with Crippen molar-refractivity contribution in [2.45, 2.75) is 6.92 Å². The maximum absolute atomic E-state index is 12.0. The molecule has 7 nitrogen and oxygen atoms in total. The van der Waals surface area contributed by atoms with Crippen LogP contribution >= 0.6 is 11.6 Å². The van der Waals surface area contributed by atoms with Crippen molar-refractivity contribution in [3.63, 3.8) is 0 Å². The van der Waals surface area contributed by atoms with Crippen LogP contribution in [0.1, 0.15) is 5.56 Å². The average molecular weight is 351 g/mol. The Labute approximate surface area is 143 Å². The SMILES string of the molecule is COc1ccc([N+](=O)[O-])cc1OCC(=O)Nc1ccc(C)cc1Cl. The molecule has 0 aliphatic carbocycles. The van der Waals surface area contributed by atoms with Crippen molar-refractivity contribution in [3.8, 4) is 11.5 Å². The van der Waals surface area contributed by atoms with Crippen molar-refractivity contribution >= 4 is 28.9 Å². The largest absolute Gasteiger partial charge is 0.493 e. The first-order valence-electron chi connectivity index (χ1n) is 6.92. The fourth-order valence-electron chi connectivity index (χ4n) is 1.94. The molecule has 2 rings (SSSR count). The van der Waals surface area contributed by atoms with Crippen LogP contribution < -0.4 is 14.8 Å². The Hall–Kier alpha value is -2.80. The summed E-state index contributed by atoms with van der Waals surface area (Å²) in [7, 11) is 1.40. The van der Waals surface area contributed by atoms with Crippen LogP contribution in [-0.4, -0.2) is 24.5 Å². The topological polar surface area (TPSA) is 90.7 Å². The van der Waals surface area contributed by atoms with Gasteiger partial charge in [0.15, 0.2) is 18.1 Å². The minimum Gasteiger partial charge on any atom is -0.493 e. The van der Waals surface area contributed by atoms with Gasteiger partial charge in [-0.1, -0.05) is 17.7 Å². The van der Waals surface area contributed by atoms with Gasteiger partial charge >= 0.3 is 0 Å². The predicted molar refractivity (Wildman–Crippen MR) is 90.0 cm³/mol. The van der Waals surface area contributed by atoms with E-state index in [1.54, 1.807) is 12.1 Å². The zero-order valence-corrected chi connectivity index (χ0v) is 13.8. The van der Waals surface area contributed by atoms with Gasteiger partial charge in [-0.15, -0.1) is 0 Å². The van der Waals surface area contributed by atoms with Gasteiger partial charge < -0.3 is 14.8 Å². The Kier molecular flexibility index (Phi) is 5.59. The number of ether oxygens (including phenoxy) is 2. The molecule has 24 heavy (non-hydrogen) atoms. The predicted octanol–water partition coefficient (Wildman–Crippen LogP) is 3.58. The Morgan fingerprint density at radius 2 is 2.00 bits per heavy atom. The molecule has 0 saturated heterocycles. The standard InChI is InChI=1S/C16H15ClN2O5/c1-10-3-5-13(12(17)7-10)18-16(20)9-24-15-8-11(19(21)22)4-6-14(15)23-2/h3-8H,9H2,1-2H3,(H,18,20). The number of hydrogen-bond acceptors (Lipinski definition) is 5. The third-order valence-corrected chi connectivity index (χ3v) is 3.43. The second-order valence-electron chi connectivity index (χ2n) is 4.91. The molecule has 1 amide bonds. The number of carbonyl (C=O) groups excluding carboxylic acids is 1. The van der Waals surface area contributed by atoms with Crippen molar-refractivity contribution < 1.29 is 19.2 Å². The first-order valence-corrected chi connectivity index (χ1v) is 7.29. The third-order valence-electron chi connectivity index (χ3n) is 3.12. The number of halogens is 1. The van der Waals surface area contributed by atoms with Gasteiger partial charge in [0, 0.05) is 6.07 Å². The summed E-state index contributed by atoms with van der Waals surface area (Å²) in [5.74, 6) is -0.0482. The quantitative estimate of drug-likeness (QED) is 0.635. The van der Waals surface area contributed by atoms with Crippen molar-refractivity contribution in [2.24, 2.45) is 0 Å². The van der Waals surface area contributed by atoms with E-state index in [1.165, 1.54) is 25.3 Å². The molecule has 8 heteroatoms. The fraction of sp³-hybridized carbons (Fsp3) is 0.188. The number of methoxy groups -OCH3 is 1. The van der Waals surface area contributed by atoms with E-state index < -0.39 is 10.8 Å². The highest BCUT2D eigenvalue weighted by Gasteiger charge is 2.14. The third kappa shape index (κ3) is 4.36. The van der Waals surface area contributed by atoms with E-state index in [9.17, 15) is 14.9 Å². The van der Waals surface area contributed by atoms with Crippen molar-refractivity contribution in [3.05, 3.63) is 57.1 Å². The van der Waals surface area contributed by atoms with Gasteiger partial charge in [0.25, 0.3) is 11.6 Å². The van der Waals surface area contributed by atoms with E-state index in [0.29, 0.717) is 16.5 Å².